The number of benzene rings is 8. The van der Waals surface area contributed by atoms with Gasteiger partial charge in [-0.2, -0.15) is 0 Å². The monoisotopic (exact) mass is 584 g/mol. The summed E-state index contributed by atoms with van der Waals surface area (Å²) < 4.78 is 0. The predicted molar refractivity (Wildman–Crippen MR) is 194 cm³/mol. The quantitative estimate of drug-likeness (QED) is 0.192. The van der Waals surface area contributed by atoms with E-state index in [1.165, 1.54) is 43.4 Å². The Hall–Kier alpha value is -6.12. The first-order valence-electron chi connectivity index (χ1n) is 15.7. The second kappa shape index (κ2) is 10.8. The maximum atomic E-state index is 5.11. The van der Waals surface area contributed by atoms with E-state index in [-0.39, 0.29) is 0 Å². The third-order valence-electron chi connectivity index (χ3n) is 9.04. The standard InChI is InChI=1S/C44H28N2/c1-2-12-29(13-3-1)43-40-22-8-9-23-42(40)45-44(46-43)34-17-11-16-32(27-34)30-14-10-15-31(26-30)33-24-25-39-37-20-5-4-18-35(37)36-19-6-7-21-38(36)41(39)28-33/h1-28H. The van der Waals surface area contributed by atoms with Crippen molar-refractivity contribution in [3.05, 3.63) is 170 Å². The van der Waals surface area contributed by atoms with Crippen LogP contribution in [-0.4, -0.2) is 9.97 Å². The Morgan fingerprint density at radius 1 is 0.261 bits per heavy atom. The lowest BCUT2D eigenvalue weighted by molar-refractivity contribution is 1.23. The van der Waals surface area contributed by atoms with Gasteiger partial charge in [0.1, 0.15) is 0 Å². The third kappa shape index (κ3) is 4.43. The van der Waals surface area contributed by atoms with Crippen LogP contribution in [-0.2, 0) is 0 Å². The second-order valence-electron chi connectivity index (χ2n) is 11.8. The van der Waals surface area contributed by atoms with E-state index in [2.05, 4.69) is 152 Å². The molecular formula is C44H28N2. The Morgan fingerprint density at radius 3 is 1.37 bits per heavy atom. The average molecular weight is 585 g/mol. The molecule has 0 saturated carbocycles. The molecule has 0 radical (unpaired) electrons. The molecule has 0 aliphatic carbocycles. The Labute approximate surface area is 267 Å². The molecule has 0 N–H and O–H groups in total. The van der Waals surface area contributed by atoms with Crippen LogP contribution in [0.15, 0.2) is 170 Å². The molecule has 2 nitrogen and oxygen atoms in total. The third-order valence-corrected chi connectivity index (χ3v) is 9.04. The molecule has 0 aliphatic rings. The number of aromatic nitrogens is 2. The molecule has 2 heteroatoms. The first kappa shape index (κ1) is 26.3. The highest BCUT2D eigenvalue weighted by atomic mass is 14.9. The molecule has 0 amide bonds. The molecule has 0 saturated heterocycles. The van der Waals surface area contributed by atoms with Gasteiger partial charge in [0.2, 0.25) is 0 Å². The lowest BCUT2D eigenvalue weighted by Crippen LogP contribution is -1.95. The maximum absolute atomic E-state index is 5.11. The molecule has 1 aromatic heterocycles. The predicted octanol–water partition coefficient (Wildman–Crippen LogP) is 11.8. The molecule has 9 aromatic rings. The summed E-state index contributed by atoms with van der Waals surface area (Å²) in [7, 11) is 0. The number of rotatable bonds is 4. The van der Waals surface area contributed by atoms with Gasteiger partial charge in [-0.25, -0.2) is 9.97 Å². The normalized spacial score (nSPS) is 11.5. The molecule has 214 valence electrons. The zero-order chi connectivity index (χ0) is 30.5. The van der Waals surface area contributed by atoms with Crippen molar-refractivity contribution >= 4 is 43.2 Å². The van der Waals surface area contributed by atoms with Crippen LogP contribution in [0.2, 0.25) is 0 Å². The zero-order valence-electron chi connectivity index (χ0n) is 25.1. The van der Waals surface area contributed by atoms with Crippen LogP contribution in [0.5, 0.6) is 0 Å². The topological polar surface area (TPSA) is 25.8 Å². The fraction of sp³-hybridized carbons (Fsp3) is 0. The van der Waals surface area contributed by atoms with Gasteiger partial charge >= 0.3 is 0 Å². The van der Waals surface area contributed by atoms with Crippen molar-refractivity contribution in [1.82, 2.24) is 9.97 Å². The molecule has 0 atom stereocenters. The minimum atomic E-state index is 0.726. The number of nitrogens with zero attached hydrogens (tertiary/aromatic N) is 2. The van der Waals surface area contributed by atoms with Gasteiger partial charge in [0.25, 0.3) is 0 Å². The van der Waals surface area contributed by atoms with Crippen molar-refractivity contribution in [2.75, 3.05) is 0 Å². The van der Waals surface area contributed by atoms with Crippen molar-refractivity contribution in [3.63, 3.8) is 0 Å². The lowest BCUT2D eigenvalue weighted by atomic mass is 9.91. The Bertz CT molecular complexity index is 2550. The first-order chi connectivity index (χ1) is 22.8. The lowest BCUT2D eigenvalue weighted by Gasteiger charge is -2.13. The van der Waals surface area contributed by atoms with Gasteiger partial charge < -0.3 is 0 Å². The van der Waals surface area contributed by atoms with Crippen molar-refractivity contribution < 1.29 is 0 Å². The Morgan fingerprint density at radius 2 is 0.717 bits per heavy atom. The first-order valence-corrected chi connectivity index (χ1v) is 15.7. The number of fused-ring (bicyclic) bond motifs is 7. The summed E-state index contributed by atoms with van der Waals surface area (Å²) in [6, 6.07) is 60.4. The van der Waals surface area contributed by atoms with Crippen LogP contribution in [0, 0.1) is 0 Å². The van der Waals surface area contributed by atoms with E-state index in [4.69, 9.17) is 9.97 Å². The van der Waals surface area contributed by atoms with E-state index >= 15 is 0 Å². The van der Waals surface area contributed by atoms with Gasteiger partial charge in [-0.05, 0) is 78.8 Å². The summed E-state index contributed by atoms with van der Waals surface area (Å²) in [5, 5.41) is 8.78. The minimum absolute atomic E-state index is 0.726. The molecule has 0 bridgehead atoms. The van der Waals surface area contributed by atoms with Crippen LogP contribution in [0.25, 0.3) is 88.1 Å². The summed E-state index contributed by atoms with van der Waals surface area (Å²) in [6.45, 7) is 0. The van der Waals surface area contributed by atoms with Crippen LogP contribution >= 0.6 is 0 Å². The summed E-state index contributed by atoms with van der Waals surface area (Å²) >= 11 is 0. The summed E-state index contributed by atoms with van der Waals surface area (Å²) in [4.78, 5) is 10.1. The van der Waals surface area contributed by atoms with E-state index in [9.17, 15) is 0 Å². The van der Waals surface area contributed by atoms with Crippen molar-refractivity contribution in [2.24, 2.45) is 0 Å². The number of hydrogen-bond acceptors (Lipinski definition) is 2. The second-order valence-corrected chi connectivity index (χ2v) is 11.8. The van der Waals surface area contributed by atoms with E-state index in [1.54, 1.807) is 0 Å². The molecule has 9 rings (SSSR count). The summed E-state index contributed by atoms with van der Waals surface area (Å²) in [5.74, 6) is 0.726. The van der Waals surface area contributed by atoms with Gasteiger partial charge in [-0.1, -0.05) is 146 Å². The van der Waals surface area contributed by atoms with Crippen LogP contribution < -0.4 is 0 Å². The molecule has 8 aromatic carbocycles. The van der Waals surface area contributed by atoms with Crippen molar-refractivity contribution in [1.29, 1.82) is 0 Å². The molecule has 1 heterocycles. The minimum Gasteiger partial charge on any atom is -0.228 e. The van der Waals surface area contributed by atoms with Gasteiger partial charge in [-0.15, -0.1) is 0 Å². The van der Waals surface area contributed by atoms with Gasteiger partial charge in [0.05, 0.1) is 11.2 Å². The molecule has 46 heavy (non-hydrogen) atoms. The largest absolute Gasteiger partial charge is 0.228 e. The van der Waals surface area contributed by atoms with Crippen molar-refractivity contribution in [2.45, 2.75) is 0 Å². The Kier molecular flexibility index (Phi) is 6.17. The van der Waals surface area contributed by atoms with E-state index < -0.39 is 0 Å². The average Bonchev–Trinajstić information content (AvgIpc) is 3.15. The molecule has 0 spiro atoms. The highest BCUT2D eigenvalue weighted by Crippen LogP contribution is 2.38. The van der Waals surface area contributed by atoms with E-state index in [0.717, 1.165) is 44.7 Å². The fourth-order valence-corrected chi connectivity index (χ4v) is 6.83. The fourth-order valence-electron chi connectivity index (χ4n) is 6.83. The van der Waals surface area contributed by atoms with E-state index in [1.807, 2.05) is 18.2 Å². The molecule has 0 unspecified atom stereocenters. The van der Waals surface area contributed by atoms with Gasteiger partial charge in [0.15, 0.2) is 5.82 Å². The van der Waals surface area contributed by atoms with Crippen molar-refractivity contribution in [3.8, 4) is 44.9 Å². The number of para-hydroxylation sites is 1. The Balaban J connectivity index is 1.15. The summed E-state index contributed by atoms with van der Waals surface area (Å²) in [5.41, 5.74) is 8.66. The SMILES string of the molecule is c1ccc(-c2nc(-c3cccc(-c4cccc(-c5ccc6c7ccccc7c7ccccc7c6c5)c4)c3)nc3ccccc23)cc1. The van der Waals surface area contributed by atoms with Crippen LogP contribution in [0.4, 0.5) is 0 Å². The zero-order valence-corrected chi connectivity index (χ0v) is 25.1. The molecule has 0 fully saturated rings. The highest BCUT2D eigenvalue weighted by molar-refractivity contribution is 6.25. The highest BCUT2D eigenvalue weighted by Gasteiger charge is 2.13. The van der Waals surface area contributed by atoms with Crippen LogP contribution in [0.1, 0.15) is 0 Å². The van der Waals surface area contributed by atoms with Gasteiger partial charge in [-0.3, -0.25) is 0 Å². The smallest absolute Gasteiger partial charge is 0.160 e. The maximum Gasteiger partial charge on any atom is 0.160 e. The number of hydrogen-bond donors (Lipinski definition) is 0. The summed E-state index contributed by atoms with van der Waals surface area (Å²) in [6.07, 6.45) is 0. The van der Waals surface area contributed by atoms with E-state index in [0.29, 0.717) is 0 Å². The van der Waals surface area contributed by atoms with Crippen LogP contribution in [0.3, 0.4) is 0 Å². The molecular weight excluding hydrogens is 556 g/mol. The van der Waals surface area contributed by atoms with Gasteiger partial charge in [0, 0.05) is 16.5 Å². The molecule has 0 aliphatic heterocycles.